The molecule has 110 valence electrons. The van der Waals surface area contributed by atoms with Gasteiger partial charge in [0.15, 0.2) is 0 Å². The molecule has 3 nitrogen and oxygen atoms in total. The lowest BCUT2D eigenvalue weighted by Gasteiger charge is -2.23. The average molecular weight is 302 g/mol. The largest absolute Gasteiger partial charge is 0.297 e. The third-order valence-corrected chi connectivity index (χ3v) is 4.75. The summed E-state index contributed by atoms with van der Waals surface area (Å²) in [6.07, 6.45) is -1.18. The highest BCUT2D eigenvalue weighted by Crippen LogP contribution is 2.30. The SMILES string of the molecule is Cc1ccc(S(=O)(=O)OC2CCC(=C(F)F)CC2)cc1. The van der Waals surface area contributed by atoms with E-state index in [1.54, 1.807) is 12.1 Å². The Kier molecular flexibility index (Phi) is 4.55. The van der Waals surface area contributed by atoms with Gasteiger partial charge in [-0.25, -0.2) is 0 Å². The standard InChI is InChI=1S/C14H16F2O3S/c1-10-2-8-13(9-3-10)20(17,18)19-12-6-4-11(5-7-12)14(15)16/h2-3,8-9,12H,4-7H2,1H3. The van der Waals surface area contributed by atoms with Gasteiger partial charge >= 0.3 is 0 Å². The molecule has 1 aromatic rings. The van der Waals surface area contributed by atoms with Crippen LogP contribution < -0.4 is 0 Å². The molecule has 0 aromatic heterocycles. The number of halogens is 2. The summed E-state index contributed by atoms with van der Waals surface area (Å²) in [6.45, 7) is 1.86. The maximum atomic E-state index is 12.4. The minimum atomic E-state index is -3.82. The van der Waals surface area contributed by atoms with Crippen LogP contribution in [0.3, 0.4) is 0 Å². The van der Waals surface area contributed by atoms with E-state index in [-0.39, 0.29) is 23.3 Å². The van der Waals surface area contributed by atoms with Crippen molar-refractivity contribution < 1.29 is 21.4 Å². The van der Waals surface area contributed by atoms with Gasteiger partial charge in [0.05, 0.1) is 11.0 Å². The monoisotopic (exact) mass is 302 g/mol. The molecule has 0 unspecified atom stereocenters. The highest BCUT2D eigenvalue weighted by molar-refractivity contribution is 7.86. The molecule has 0 radical (unpaired) electrons. The van der Waals surface area contributed by atoms with Gasteiger partial charge in [-0.2, -0.15) is 17.2 Å². The summed E-state index contributed by atoms with van der Waals surface area (Å²) in [5, 5.41) is 0. The van der Waals surface area contributed by atoms with Gasteiger partial charge in [-0.3, -0.25) is 4.18 Å². The lowest BCUT2D eigenvalue weighted by molar-refractivity contribution is 0.174. The van der Waals surface area contributed by atoms with Crippen molar-refractivity contribution in [2.24, 2.45) is 0 Å². The molecule has 20 heavy (non-hydrogen) atoms. The molecule has 0 saturated heterocycles. The molecular weight excluding hydrogens is 286 g/mol. The van der Waals surface area contributed by atoms with Crippen LogP contribution >= 0.6 is 0 Å². The molecule has 0 heterocycles. The van der Waals surface area contributed by atoms with Crippen molar-refractivity contribution in [3.8, 4) is 0 Å². The van der Waals surface area contributed by atoms with Gasteiger partial charge in [0.2, 0.25) is 0 Å². The van der Waals surface area contributed by atoms with Crippen LogP contribution in [0.2, 0.25) is 0 Å². The second kappa shape index (κ2) is 6.01. The lowest BCUT2D eigenvalue weighted by atomic mass is 9.94. The first-order valence-electron chi connectivity index (χ1n) is 6.41. The van der Waals surface area contributed by atoms with E-state index >= 15 is 0 Å². The topological polar surface area (TPSA) is 43.4 Å². The zero-order valence-electron chi connectivity index (χ0n) is 11.1. The molecular formula is C14H16F2O3S. The Labute approximate surface area is 117 Å². The summed E-state index contributed by atoms with van der Waals surface area (Å²) in [5.74, 6) is 0. The van der Waals surface area contributed by atoms with Crippen LogP contribution in [0.15, 0.2) is 40.8 Å². The number of hydrogen-bond donors (Lipinski definition) is 0. The van der Waals surface area contributed by atoms with Crippen molar-refractivity contribution in [3.63, 3.8) is 0 Å². The number of allylic oxidation sites excluding steroid dienone is 1. The quantitative estimate of drug-likeness (QED) is 0.798. The first-order valence-corrected chi connectivity index (χ1v) is 7.82. The normalized spacial score (nSPS) is 19.9. The van der Waals surface area contributed by atoms with E-state index in [2.05, 4.69) is 0 Å². The average Bonchev–Trinajstić information content (AvgIpc) is 2.39. The van der Waals surface area contributed by atoms with Crippen LogP contribution in [0.1, 0.15) is 31.2 Å². The van der Waals surface area contributed by atoms with Gasteiger partial charge < -0.3 is 0 Å². The second-order valence-electron chi connectivity index (χ2n) is 4.93. The lowest BCUT2D eigenvalue weighted by Crippen LogP contribution is -2.22. The highest BCUT2D eigenvalue weighted by Gasteiger charge is 2.26. The van der Waals surface area contributed by atoms with E-state index in [4.69, 9.17) is 4.18 Å². The predicted octanol–water partition coefficient (Wildman–Crippen LogP) is 3.79. The van der Waals surface area contributed by atoms with Crippen LogP contribution in [0, 0.1) is 6.92 Å². The summed E-state index contributed by atoms with van der Waals surface area (Å²) in [6, 6.07) is 6.35. The van der Waals surface area contributed by atoms with Crippen LogP contribution in [0.25, 0.3) is 0 Å². The Bertz CT molecular complexity index is 592. The summed E-state index contributed by atoms with van der Waals surface area (Å²) >= 11 is 0. The maximum Gasteiger partial charge on any atom is 0.297 e. The van der Waals surface area contributed by atoms with E-state index < -0.39 is 22.3 Å². The van der Waals surface area contributed by atoms with E-state index in [1.165, 1.54) is 12.1 Å². The van der Waals surface area contributed by atoms with E-state index in [0.29, 0.717) is 12.8 Å². The predicted molar refractivity (Wildman–Crippen MR) is 70.9 cm³/mol. The highest BCUT2D eigenvalue weighted by atomic mass is 32.2. The molecule has 1 aliphatic carbocycles. The molecule has 0 N–H and O–H groups in total. The molecule has 1 aliphatic rings. The van der Waals surface area contributed by atoms with E-state index in [9.17, 15) is 17.2 Å². The van der Waals surface area contributed by atoms with Gasteiger partial charge in [-0.15, -0.1) is 0 Å². The van der Waals surface area contributed by atoms with Crippen molar-refractivity contribution in [1.82, 2.24) is 0 Å². The minimum Gasteiger partial charge on any atom is -0.263 e. The molecule has 0 atom stereocenters. The van der Waals surface area contributed by atoms with Crippen LogP contribution in [-0.4, -0.2) is 14.5 Å². The number of rotatable bonds is 3. The van der Waals surface area contributed by atoms with E-state index in [0.717, 1.165) is 5.56 Å². The van der Waals surface area contributed by atoms with Gasteiger partial charge in [-0.1, -0.05) is 17.7 Å². The van der Waals surface area contributed by atoms with Crippen molar-refractivity contribution in [2.75, 3.05) is 0 Å². The third-order valence-electron chi connectivity index (χ3n) is 3.38. The molecule has 1 saturated carbocycles. The molecule has 6 heteroatoms. The Balaban J connectivity index is 2.03. The Morgan fingerprint density at radius 3 is 2.20 bits per heavy atom. The Morgan fingerprint density at radius 2 is 1.70 bits per heavy atom. The summed E-state index contributed by atoms with van der Waals surface area (Å²) in [5.41, 5.74) is 1.06. The smallest absolute Gasteiger partial charge is 0.263 e. The zero-order valence-corrected chi connectivity index (χ0v) is 11.9. The Hall–Kier alpha value is -1.27. The third kappa shape index (κ3) is 3.64. The Morgan fingerprint density at radius 1 is 1.15 bits per heavy atom. The van der Waals surface area contributed by atoms with Gasteiger partial charge in [-0.05, 0) is 50.3 Å². The fourth-order valence-electron chi connectivity index (χ4n) is 2.16. The van der Waals surface area contributed by atoms with Crippen LogP contribution in [0.4, 0.5) is 8.78 Å². The van der Waals surface area contributed by atoms with Crippen LogP contribution in [-0.2, 0) is 14.3 Å². The second-order valence-corrected chi connectivity index (χ2v) is 6.50. The van der Waals surface area contributed by atoms with Crippen molar-refractivity contribution >= 4 is 10.1 Å². The van der Waals surface area contributed by atoms with Crippen molar-refractivity contribution in [3.05, 3.63) is 41.5 Å². The minimum absolute atomic E-state index is 0.0983. The molecule has 2 rings (SSSR count). The zero-order chi connectivity index (χ0) is 14.8. The molecule has 0 aliphatic heterocycles. The molecule has 0 spiro atoms. The number of benzene rings is 1. The van der Waals surface area contributed by atoms with Gasteiger partial charge in [0, 0.05) is 0 Å². The molecule has 0 bridgehead atoms. The number of hydrogen-bond acceptors (Lipinski definition) is 3. The van der Waals surface area contributed by atoms with E-state index in [1.807, 2.05) is 6.92 Å². The van der Waals surface area contributed by atoms with Crippen LogP contribution in [0.5, 0.6) is 0 Å². The van der Waals surface area contributed by atoms with Crippen molar-refractivity contribution in [1.29, 1.82) is 0 Å². The fraction of sp³-hybridized carbons (Fsp3) is 0.429. The molecule has 1 fully saturated rings. The first-order chi connectivity index (χ1) is 9.38. The summed E-state index contributed by atoms with van der Waals surface area (Å²) < 4.78 is 54.0. The first kappa shape index (κ1) is 15.1. The number of aryl methyl sites for hydroxylation is 1. The van der Waals surface area contributed by atoms with Gasteiger partial charge in [0.1, 0.15) is 0 Å². The molecule has 0 amide bonds. The van der Waals surface area contributed by atoms with Crippen molar-refractivity contribution in [2.45, 2.75) is 43.6 Å². The van der Waals surface area contributed by atoms with Gasteiger partial charge in [0.25, 0.3) is 16.2 Å². The fourth-order valence-corrected chi connectivity index (χ4v) is 3.30. The summed E-state index contributed by atoms with van der Waals surface area (Å²) in [4.78, 5) is 0.0983. The maximum absolute atomic E-state index is 12.4. The molecule has 1 aromatic carbocycles. The summed E-state index contributed by atoms with van der Waals surface area (Å²) in [7, 11) is -3.82.